The molecule has 1 aromatic carbocycles. The molecular weight excluding hydrogens is 244 g/mol. The second-order valence-electron chi connectivity index (χ2n) is 3.89. The van der Waals surface area contributed by atoms with E-state index in [4.69, 9.17) is 4.74 Å². The van der Waals surface area contributed by atoms with Gasteiger partial charge >= 0.3 is 0 Å². The molecule has 0 aliphatic carbocycles. The molecule has 0 aliphatic heterocycles. The highest BCUT2D eigenvalue weighted by atomic mass is 79.9. The first-order chi connectivity index (χ1) is 6.51. The number of ether oxygens (including phenoxy) is 1. The highest BCUT2D eigenvalue weighted by molar-refractivity contribution is 9.09. The van der Waals surface area contributed by atoms with Gasteiger partial charge in [-0.3, -0.25) is 0 Å². The van der Waals surface area contributed by atoms with E-state index in [0.29, 0.717) is 11.9 Å². The summed E-state index contributed by atoms with van der Waals surface area (Å²) in [6, 6.07) is 7.75. The maximum absolute atomic E-state index is 9.60. The highest BCUT2D eigenvalue weighted by Gasteiger charge is 2.12. The lowest BCUT2D eigenvalue weighted by Crippen LogP contribution is -2.21. The second-order valence-corrected chi connectivity index (χ2v) is 4.34. The maximum Gasteiger partial charge on any atom is 0.143 e. The van der Waals surface area contributed by atoms with E-state index in [9.17, 15) is 5.11 Å². The lowest BCUT2D eigenvalue weighted by Gasteiger charge is -2.16. The molecule has 0 fully saturated rings. The molecule has 0 unspecified atom stereocenters. The van der Waals surface area contributed by atoms with Crippen molar-refractivity contribution in [3.63, 3.8) is 0 Å². The molecule has 1 N–H and O–H groups in total. The van der Waals surface area contributed by atoms with Gasteiger partial charge in [-0.05, 0) is 47.5 Å². The number of alkyl halides is 1. The van der Waals surface area contributed by atoms with Crippen LogP contribution < -0.4 is 4.74 Å². The number of halogens is 1. The number of aliphatic hydroxyl groups is 1. The Labute approximate surface area is 93.0 Å². The molecule has 1 rings (SSSR count). The summed E-state index contributed by atoms with van der Waals surface area (Å²) in [5.74, 6) is 0.835. The lowest BCUT2D eigenvalue weighted by atomic mass is 9.99. The van der Waals surface area contributed by atoms with Crippen LogP contribution in [0, 0.1) is 0 Å². The minimum Gasteiger partial charge on any atom is -0.482 e. The van der Waals surface area contributed by atoms with Gasteiger partial charge in [-0.2, -0.15) is 0 Å². The predicted molar refractivity (Wildman–Crippen MR) is 60.9 cm³/mol. The quantitative estimate of drug-likeness (QED) is 0.842. The molecule has 0 aliphatic rings. The number of rotatable bonds is 4. The Balaban J connectivity index is 2.64. The van der Waals surface area contributed by atoms with Crippen LogP contribution in [0.1, 0.15) is 19.4 Å². The molecule has 0 amide bonds. The van der Waals surface area contributed by atoms with Crippen LogP contribution in [0.5, 0.6) is 5.75 Å². The molecule has 0 saturated carbocycles. The molecule has 78 valence electrons. The third kappa shape index (κ3) is 4.11. The Morgan fingerprint density at radius 3 is 2.29 bits per heavy atom. The fraction of sp³-hybridized carbons (Fsp3) is 0.455. The lowest BCUT2D eigenvalue weighted by molar-refractivity contribution is 0.0810. The van der Waals surface area contributed by atoms with Crippen molar-refractivity contribution in [2.75, 3.05) is 5.52 Å². The first-order valence-corrected chi connectivity index (χ1v) is 5.63. The number of hydrogen-bond donors (Lipinski definition) is 1. The topological polar surface area (TPSA) is 29.5 Å². The van der Waals surface area contributed by atoms with Gasteiger partial charge in [-0.1, -0.05) is 12.1 Å². The van der Waals surface area contributed by atoms with E-state index in [1.165, 1.54) is 0 Å². The van der Waals surface area contributed by atoms with E-state index >= 15 is 0 Å². The Hall–Kier alpha value is -0.540. The summed E-state index contributed by atoms with van der Waals surface area (Å²) in [7, 11) is 0. The molecule has 0 aromatic heterocycles. The minimum atomic E-state index is -0.655. The van der Waals surface area contributed by atoms with Crippen molar-refractivity contribution in [2.24, 2.45) is 0 Å². The van der Waals surface area contributed by atoms with Gasteiger partial charge in [0, 0.05) is 6.42 Å². The molecule has 0 heterocycles. The van der Waals surface area contributed by atoms with Crippen LogP contribution in [-0.4, -0.2) is 16.2 Å². The maximum atomic E-state index is 9.60. The summed E-state index contributed by atoms with van der Waals surface area (Å²) in [6.45, 7) is 3.60. The third-order valence-corrected chi connectivity index (χ3v) is 2.01. The van der Waals surface area contributed by atoms with Gasteiger partial charge in [-0.15, -0.1) is 0 Å². The van der Waals surface area contributed by atoms with Crippen LogP contribution in [0.2, 0.25) is 0 Å². The Kier molecular flexibility index (Phi) is 3.96. The molecule has 14 heavy (non-hydrogen) atoms. The zero-order valence-corrected chi connectivity index (χ0v) is 10.0. The molecule has 0 radical (unpaired) electrons. The van der Waals surface area contributed by atoms with Crippen LogP contribution in [0.4, 0.5) is 0 Å². The van der Waals surface area contributed by atoms with Crippen molar-refractivity contribution in [2.45, 2.75) is 25.9 Å². The second kappa shape index (κ2) is 4.80. The van der Waals surface area contributed by atoms with Crippen molar-refractivity contribution in [3.8, 4) is 5.75 Å². The molecule has 0 atom stereocenters. The normalized spacial score (nSPS) is 11.4. The van der Waals surface area contributed by atoms with E-state index in [-0.39, 0.29) is 0 Å². The van der Waals surface area contributed by atoms with E-state index in [2.05, 4.69) is 15.9 Å². The summed E-state index contributed by atoms with van der Waals surface area (Å²) >= 11 is 3.19. The average molecular weight is 259 g/mol. The zero-order valence-electron chi connectivity index (χ0n) is 8.46. The van der Waals surface area contributed by atoms with Gasteiger partial charge < -0.3 is 9.84 Å². The van der Waals surface area contributed by atoms with E-state index in [0.717, 1.165) is 11.3 Å². The molecule has 2 nitrogen and oxygen atoms in total. The van der Waals surface area contributed by atoms with Crippen LogP contribution in [0.15, 0.2) is 24.3 Å². The number of benzene rings is 1. The van der Waals surface area contributed by atoms with Gasteiger partial charge in [-0.25, -0.2) is 0 Å². The van der Waals surface area contributed by atoms with Crippen molar-refractivity contribution in [3.05, 3.63) is 29.8 Å². The summed E-state index contributed by atoms with van der Waals surface area (Å²) in [5.41, 5.74) is 0.953. The Morgan fingerprint density at radius 2 is 1.86 bits per heavy atom. The first kappa shape index (κ1) is 11.5. The predicted octanol–water partition coefficient (Wildman–Crippen LogP) is 2.73. The molecule has 1 aromatic rings. The van der Waals surface area contributed by atoms with Gasteiger partial charge in [0.1, 0.15) is 11.3 Å². The van der Waals surface area contributed by atoms with Crippen LogP contribution >= 0.6 is 15.9 Å². The van der Waals surface area contributed by atoms with Crippen LogP contribution in [0.25, 0.3) is 0 Å². The van der Waals surface area contributed by atoms with Crippen LogP contribution in [-0.2, 0) is 6.42 Å². The summed E-state index contributed by atoms with van der Waals surface area (Å²) in [5, 5.41) is 9.60. The monoisotopic (exact) mass is 258 g/mol. The van der Waals surface area contributed by atoms with E-state index < -0.39 is 5.60 Å². The molecule has 0 bridgehead atoms. The first-order valence-electron chi connectivity index (χ1n) is 4.51. The molecule has 3 heteroatoms. The number of hydrogen-bond acceptors (Lipinski definition) is 2. The minimum absolute atomic E-state index is 0.498. The van der Waals surface area contributed by atoms with Crippen molar-refractivity contribution in [1.82, 2.24) is 0 Å². The van der Waals surface area contributed by atoms with Gasteiger partial charge in [0.15, 0.2) is 0 Å². The molecular formula is C11H15BrO2. The van der Waals surface area contributed by atoms with Crippen molar-refractivity contribution in [1.29, 1.82) is 0 Å². The third-order valence-electron chi connectivity index (χ3n) is 1.78. The fourth-order valence-corrected chi connectivity index (χ4v) is 1.53. The molecule has 0 saturated heterocycles. The summed E-state index contributed by atoms with van der Waals surface area (Å²) in [6.07, 6.45) is 0.654. The van der Waals surface area contributed by atoms with Crippen molar-refractivity contribution < 1.29 is 9.84 Å². The van der Waals surface area contributed by atoms with Crippen molar-refractivity contribution >= 4 is 15.9 Å². The Bertz CT molecular complexity index is 274. The fourth-order valence-electron chi connectivity index (χ4n) is 1.27. The largest absolute Gasteiger partial charge is 0.482 e. The van der Waals surface area contributed by atoms with Gasteiger partial charge in [0.05, 0.1) is 5.60 Å². The van der Waals surface area contributed by atoms with Gasteiger partial charge in [0.25, 0.3) is 0 Å². The summed E-state index contributed by atoms with van der Waals surface area (Å²) in [4.78, 5) is 0. The average Bonchev–Trinajstić information content (AvgIpc) is 2.06. The highest BCUT2D eigenvalue weighted by Crippen LogP contribution is 2.17. The standard InChI is InChI=1S/C11H15BrO2/c1-11(2,13)7-9-3-5-10(6-4-9)14-8-12/h3-6,13H,7-8H2,1-2H3. The van der Waals surface area contributed by atoms with E-state index in [1.54, 1.807) is 13.8 Å². The Morgan fingerprint density at radius 1 is 1.29 bits per heavy atom. The van der Waals surface area contributed by atoms with E-state index in [1.807, 2.05) is 24.3 Å². The molecule has 0 spiro atoms. The smallest absolute Gasteiger partial charge is 0.143 e. The summed E-state index contributed by atoms with van der Waals surface area (Å²) < 4.78 is 5.25. The zero-order chi connectivity index (χ0) is 10.6. The van der Waals surface area contributed by atoms with Crippen LogP contribution in [0.3, 0.4) is 0 Å². The van der Waals surface area contributed by atoms with Gasteiger partial charge in [0.2, 0.25) is 0 Å². The SMILES string of the molecule is CC(C)(O)Cc1ccc(OCBr)cc1.